The van der Waals surface area contributed by atoms with Crippen molar-refractivity contribution in [3.63, 3.8) is 0 Å². The molecule has 1 N–H and O–H groups in total. The summed E-state index contributed by atoms with van der Waals surface area (Å²) in [6, 6.07) is 21.5. The van der Waals surface area contributed by atoms with E-state index in [1.807, 2.05) is 39.0 Å². The second kappa shape index (κ2) is 11.5. The Balaban J connectivity index is 1.59. The lowest BCUT2D eigenvalue weighted by atomic mass is 10.2. The van der Waals surface area contributed by atoms with E-state index in [9.17, 15) is 13.2 Å². The van der Waals surface area contributed by atoms with Crippen LogP contribution in [0.5, 0.6) is 0 Å². The van der Waals surface area contributed by atoms with Gasteiger partial charge in [0.15, 0.2) is 0 Å². The van der Waals surface area contributed by atoms with Gasteiger partial charge in [-0.25, -0.2) is 13.8 Å². The topological polar surface area (TPSA) is 83.8 Å². The number of benzene rings is 3. The number of carbonyl (C=O) groups excluding carboxylic acids is 1. The molecular formula is C30H31ClN4O3S. The van der Waals surface area contributed by atoms with Crippen LogP contribution in [0.15, 0.2) is 82.8 Å². The molecule has 39 heavy (non-hydrogen) atoms. The van der Waals surface area contributed by atoms with E-state index >= 15 is 0 Å². The van der Waals surface area contributed by atoms with Gasteiger partial charge in [0, 0.05) is 27.7 Å². The molecular weight excluding hydrogens is 532 g/mol. The summed E-state index contributed by atoms with van der Waals surface area (Å²) in [5.74, 6) is -0.580. The zero-order valence-corrected chi connectivity index (χ0v) is 24.1. The zero-order chi connectivity index (χ0) is 28.3. The Morgan fingerprint density at radius 1 is 0.949 bits per heavy atom. The van der Waals surface area contributed by atoms with Crippen LogP contribution in [-0.4, -0.2) is 31.7 Å². The van der Waals surface area contributed by atoms with Crippen LogP contribution in [-0.2, 0) is 14.8 Å². The first-order valence-corrected chi connectivity index (χ1v) is 14.2. The van der Waals surface area contributed by atoms with Crippen molar-refractivity contribution in [1.29, 1.82) is 0 Å². The van der Waals surface area contributed by atoms with E-state index in [1.54, 1.807) is 43.5 Å². The van der Waals surface area contributed by atoms with Gasteiger partial charge in [0.05, 0.1) is 16.8 Å². The Kier molecular flexibility index (Phi) is 8.28. The summed E-state index contributed by atoms with van der Waals surface area (Å²) in [4.78, 5) is 13.1. The molecule has 0 aliphatic carbocycles. The van der Waals surface area contributed by atoms with E-state index in [0.29, 0.717) is 16.3 Å². The molecule has 0 saturated heterocycles. The molecule has 0 saturated carbocycles. The fourth-order valence-corrected chi connectivity index (χ4v) is 6.19. The minimum Gasteiger partial charge on any atom is -0.318 e. The molecule has 0 atom stereocenters. The Bertz CT molecular complexity index is 1660. The number of para-hydroxylation sites is 1. The van der Waals surface area contributed by atoms with E-state index in [-0.39, 0.29) is 4.90 Å². The number of rotatable bonds is 8. The maximum atomic E-state index is 13.6. The molecule has 1 heterocycles. The van der Waals surface area contributed by atoms with Crippen LogP contribution in [0.3, 0.4) is 0 Å². The summed E-state index contributed by atoms with van der Waals surface area (Å²) >= 11 is 6.11. The Morgan fingerprint density at radius 3 is 2.31 bits per heavy atom. The van der Waals surface area contributed by atoms with Crippen LogP contribution < -0.4 is 9.73 Å². The smallest absolute Gasteiger partial charge is 0.264 e. The predicted octanol–water partition coefficient (Wildman–Crippen LogP) is 6.02. The number of sulfonamides is 1. The fourth-order valence-electron chi connectivity index (χ4n) is 4.48. The lowest BCUT2D eigenvalue weighted by molar-refractivity contribution is -0.119. The van der Waals surface area contributed by atoms with Crippen molar-refractivity contribution in [3.05, 3.63) is 111 Å². The average Bonchev–Trinajstić information content (AvgIpc) is 3.16. The third-order valence-electron chi connectivity index (χ3n) is 6.54. The molecule has 202 valence electrons. The number of hydrogen-bond acceptors (Lipinski definition) is 4. The van der Waals surface area contributed by atoms with Crippen molar-refractivity contribution in [1.82, 2.24) is 9.99 Å². The van der Waals surface area contributed by atoms with E-state index in [2.05, 4.69) is 34.2 Å². The highest BCUT2D eigenvalue weighted by atomic mass is 35.5. The van der Waals surface area contributed by atoms with Crippen LogP contribution in [0.25, 0.3) is 5.69 Å². The van der Waals surface area contributed by atoms with Gasteiger partial charge in [-0.15, -0.1) is 0 Å². The summed E-state index contributed by atoms with van der Waals surface area (Å²) < 4.78 is 30.5. The van der Waals surface area contributed by atoms with Gasteiger partial charge in [-0.1, -0.05) is 47.5 Å². The largest absolute Gasteiger partial charge is 0.318 e. The number of anilines is 1. The standard InChI is InChI=1S/C30H31ClN4O3S/c1-20-10-13-27(14-11-20)39(37,38)34(28-15-12-26(31)16-22(28)3)19-30(36)33-32-18-25-17-23(4)35(24(25)5)29-9-7-6-8-21(29)2/h6-18H,19H2,1-5H3,(H,33,36). The van der Waals surface area contributed by atoms with Crippen LogP contribution >= 0.6 is 11.6 Å². The second-order valence-electron chi connectivity index (χ2n) is 9.50. The number of nitrogens with zero attached hydrogens (tertiary/aromatic N) is 3. The quantitative estimate of drug-likeness (QED) is 0.210. The number of nitrogens with one attached hydrogen (secondary N) is 1. The van der Waals surface area contributed by atoms with E-state index in [0.717, 1.165) is 38.1 Å². The van der Waals surface area contributed by atoms with Crippen LogP contribution in [0.2, 0.25) is 5.02 Å². The monoisotopic (exact) mass is 562 g/mol. The molecule has 0 radical (unpaired) electrons. The van der Waals surface area contributed by atoms with Gasteiger partial charge in [-0.05, 0) is 88.2 Å². The molecule has 0 bridgehead atoms. The van der Waals surface area contributed by atoms with Crippen molar-refractivity contribution >= 4 is 39.4 Å². The number of halogens is 1. The Morgan fingerprint density at radius 2 is 1.64 bits per heavy atom. The lowest BCUT2D eigenvalue weighted by Gasteiger charge is -2.25. The van der Waals surface area contributed by atoms with Crippen molar-refractivity contribution in [2.75, 3.05) is 10.8 Å². The van der Waals surface area contributed by atoms with Gasteiger partial charge in [0.25, 0.3) is 15.9 Å². The molecule has 9 heteroatoms. The third kappa shape index (κ3) is 6.08. The molecule has 7 nitrogen and oxygen atoms in total. The van der Waals surface area contributed by atoms with E-state index < -0.39 is 22.5 Å². The first-order valence-electron chi connectivity index (χ1n) is 12.4. The summed E-state index contributed by atoms with van der Waals surface area (Å²) in [5.41, 5.74) is 9.47. The molecule has 0 aliphatic heterocycles. The van der Waals surface area contributed by atoms with Gasteiger partial charge < -0.3 is 4.57 Å². The summed E-state index contributed by atoms with van der Waals surface area (Å²) in [6.07, 6.45) is 1.57. The average molecular weight is 563 g/mol. The van der Waals surface area contributed by atoms with Crippen LogP contribution in [0.4, 0.5) is 5.69 Å². The molecule has 0 unspecified atom stereocenters. The fraction of sp³-hybridized carbons (Fsp3) is 0.200. The Hall–Kier alpha value is -3.88. The first-order chi connectivity index (χ1) is 18.5. The van der Waals surface area contributed by atoms with Crippen molar-refractivity contribution < 1.29 is 13.2 Å². The minimum absolute atomic E-state index is 0.0856. The summed E-state index contributed by atoms with van der Waals surface area (Å²) in [7, 11) is -4.05. The van der Waals surface area contributed by atoms with Crippen molar-refractivity contribution in [2.24, 2.45) is 5.10 Å². The molecule has 4 aromatic rings. The highest BCUT2D eigenvalue weighted by molar-refractivity contribution is 7.92. The molecule has 1 amide bonds. The van der Waals surface area contributed by atoms with Crippen LogP contribution in [0, 0.1) is 34.6 Å². The maximum absolute atomic E-state index is 13.6. The second-order valence-corrected chi connectivity index (χ2v) is 11.8. The number of amides is 1. The first kappa shape index (κ1) is 28.1. The van der Waals surface area contributed by atoms with Crippen molar-refractivity contribution in [2.45, 2.75) is 39.5 Å². The summed E-state index contributed by atoms with van der Waals surface area (Å²) in [6.45, 7) is 9.22. The van der Waals surface area contributed by atoms with E-state index in [4.69, 9.17) is 11.6 Å². The predicted molar refractivity (Wildman–Crippen MR) is 158 cm³/mol. The third-order valence-corrected chi connectivity index (χ3v) is 8.55. The van der Waals surface area contributed by atoms with Gasteiger partial charge in [-0.3, -0.25) is 9.10 Å². The minimum atomic E-state index is -4.05. The van der Waals surface area contributed by atoms with E-state index in [1.165, 1.54) is 12.1 Å². The summed E-state index contributed by atoms with van der Waals surface area (Å²) in [5, 5.41) is 4.62. The molecule has 0 aliphatic rings. The molecule has 1 aromatic heterocycles. The highest BCUT2D eigenvalue weighted by Gasteiger charge is 2.28. The Labute approximate surface area is 234 Å². The molecule has 0 fully saturated rings. The highest BCUT2D eigenvalue weighted by Crippen LogP contribution is 2.29. The number of hydrazone groups is 1. The number of aryl methyl sites for hydroxylation is 4. The number of carbonyl (C=O) groups is 1. The van der Waals surface area contributed by atoms with Gasteiger partial charge >= 0.3 is 0 Å². The molecule has 0 spiro atoms. The molecule has 3 aromatic carbocycles. The molecule has 4 rings (SSSR count). The van der Waals surface area contributed by atoms with Gasteiger partial charge in [0.1, 0.15) is 6.54 Å². The SMILES string of the molecule is Cc1ccc(S(=O)(=O)N(CC(=O)NN=Cc2cc(C)n(-c3ccccc3C)c2C)c2ccc(Cl)cc2C)cc1. The van der Waals surface area contributed by atoms with Crippen molar-refractivity contribution in [3.8, 4) is 5.69 Å². The zero-order valence-electron chi connectivity index (χ0n) is 22.6. The van der Waals surface area contributed by atoms with Crippen LogP contribution in [0.1, 0.15) is 33.6 Å². The normalized spacial score (nSPS) is 11.6. The lowest BCUT2D eigenvalue weighted by Crippen LogP contribution is -2.40. The van der Waals surface area contributed by atoms with Gasteiger partial charge in [0.2, 0.25) is 0 Å². The maximum Gasteiger partial charge on any atom is 0.264 e. The number of hydrogen-bond donors (Lipinski definition) is 1. The van der Waals surface area contributed by atoms with Gasteiger partial charge in [-0.2, -0.15) is 5.10 Å². The number of aromatic nitrogens is 1.